The Morgan fingerprint density at radius 2 is 2.03 bits per heavy atom. The second kappa shape index (κ2) is 7.81. The van der Waals surface area contributed by atoms with Crippen molar-refractivity contribution in [3.8, 4) is 6.07 Å². The van der Waals surface area contributed by atoms with Crippen LogP contribution in [0.3, 0.4) is 0 Å². The zero-order valence-corrected chi connectivity index (χ0v) is 18.7. The van der Waals surface area contributed by atoms with Crippen molar-refractivity contribution in [1.29, 1.82) is 5.26 Å². The third-order valence-electron chi connectivity index (χ3n) is 6.11. The largest absolute Gasteiger partial charge is 0.271 e. The summed E-state index contributed by atoms with van der Waals surface area (Å²) in [5.41, 5.74) is 3.54. The lowest BCUT2D eigenvalue weighted by molar-refractivity contribution is -0.118. The molecule has 2 aromatic rings. The molecule has 0 bridgehead atoms. The number of hydrogen-bond donors (Lipinski definition) is 0. The van der Waals surface area contributed by atoms with Crippen LogP contribution in [0.4, 0.5) is 10.7 Å². The summed E-state index contributed by atoms with van der Waals surface area (Å²) in [4.78, 5) is 18.8. The van der Waals surface area contributed by atoms with Crippen molar-refractivity contribution >= 4 is 39.9 Å². The predicted octanol–water partition coefficient (Wildman–Crippen LogP) is 5.51. The van der Waals surface area contributed by atoms with Crippen molar-refractivity contribution in [2.45, 2.75) is 47.0 Å². The molecule has 30 heavy (non-hydrogen) atoms. The Kier molecular flexibility index (Phi) is 5.33. The number of hydrogen-bond acceptors (Lipinski definition) is 5. The molecule has 4 rings (SSSR count). The maximum atomic E-state index is 12.9. The normalized spacial score (nSPS) is 21.6. The molecule has 1 aliphatic heterocycles. The number of aliphatic imine (C=N–C) groups is 1. The number of nitrogens with zero attached hydrogens (tertiary/aromatic N) is 4. The first-order valence-corrected chi connectivity index (χ1v) is 11.1. The molecule has 0 spiro atoms. The third-order valence-corrected chi connectivity index (χ3v) is 7.27. The first kappa shape index (κ1) is 20.5. The maximum absolute atomic E-state index is 12.9. The molecule has 0 radical (unpaired) electrons. The van der Waals surface area contributed by atoms with Crippen LogP contribution >= 0.6 is 11.3 Å². The zero-order valence-electron chi connectivity index (χ0n) is 17.8. The molecule has 6 heteroatoms. The van der Waals surface area contributed by atoms with Gasteiger partial charge >= 0.3 is 0 Å². The van der Waals surface area contributed by atoms with Crippen molar-refractivity contribution in [2.75, 3.05) is 5.01 Å². The van der Waals surface area contributed by atoms with E-state index in [1.54, 1.807) is 17.6 Å². The highest BCUT2D eigenvalue weighted by atomic mass is 32.1. The van der Waals surface area contributed by atoms with Crippen molar-refractivity contribution < 1.29 is 4.79 Å². The van der Waals surface area contributed by atoms with E-state index in [0.29, 0.717) is 17.2 Å². The van der Waals surface area contributed by atoms with Crippen LogP contribution in [0.15, 0.2) is 40.4 Å². The molecule has 1 aromatic carbocycles. The molecule has 0 saturated heterocycles. The Balaban J connectivity index is 1.58. The number of nitriles is 1. The molecule has 2 heterocycles. The number of thiophene rings is 1. The van der Waals surface area contributed by atoms with Gasteiger partial charge in [-0.05, 0) is 55.2 Å². The molecule has 1 aromatic heterocycles. The van der Waals surface area contributed by atoms with E-state index in [2.05, 4.69) is 36.9 Å². The number of benzene rings is 1. The number of amides is 1. The van der Waals surface area contributed by atoms with E-state index in [1.165, 1.54) is 9.89 Å². The molecule has 0 fully saturated rings. The van der Waals surface area contributed by atoms with Crippen LogP contribution in [0.1, 0.15) is 50.1 Å². The highest BCUT2D eigenvalue weighted by molar-refractivity contribution is 7.16. The van der Waals surface area contributed by atoms with Crippen molar-refractivity contribution in [3.05, 3.63) is 46.3 Å². The van der Waals surface area contributed by atoms with Crippen LogP contribution < -0.4 is 5.01 Å². The third kappa shape index (κ3) is 3.70. The van der Waals surface area contributed by atoms with E-state index in [0.717, 1.165) is 35.5 Å². The number of para-hydroxylation sites is 1. The van der Waals surface area contributed by atoms with Crippen molar-refractivity contribution in [2.24, 2.45) is 27.3 Å². The van der Waals surface area contributed by atoms with E-state index in [9.17, 15) is 10.1 Å². The number of carbonyl (C=O) groups excluding carboxylic acids is 1. The van der Waals surface area contributed by atoms with Gasteiger partial charge in [0.2, 0.25) is 0 Å². The van der Waals surface area contributed by atoms with Gasteiger partial charge in [-0.3, -0.25) is 4.79 Å². The Bertz CT molecular complexity index is 1070. The van der Waals surface area contributed by atoms with Crippen LogP contribution in [0.25, 0.3) is 0 Å². The van der Waals surface area contributed by atoms with Gasteiger partial charge in [-0.15, -0.1) is 11.3 Å². The number of anilines is 1. The SMILES string of the molecule is CC1=NN(c2ccccc2)C(=O)[C@H]1C=Nc1sc2c(c1C#N)CC[C@@H](C(C)(C)C)C2. The maximum Gasteiger partial charge on any atom is 0.261 e. The Labute approximate surface area is 181 Å². The minimum absolute atomic E-state index is 0.116. The fourth-order valence-electron chi connectivity index (χ4n) is 4.16. The lowest BCUT2D eigenvalue weighted by atomic mass is 9.72. The van der Waals surface area contributed by atoms with Crippen LogP contribution in [0.5, 0.6) is 0 Å². The van der Waals surface area contributed by atoms with Crippen LogP contribution in [-0.4, -0.2) is 17.8 Å². The molecule has 2 atom stereocenters. The Hall–Kier alpha value is -2.78. The standard InChI is InChI=1S/C24H26N4OS/c1-15-20(23(29)28(27-15)17-8-6-5-7-9-17)14-26-22-19(13-25)18-11-10-16(24(2,3)4)12-21(18)30-22/h5-9,14,16,20H,10-12H2,1-4H3/t16-,20+/m1/s1. The summed E-state index contributed by atoms with van der Waals surface area (Å²) in [6.45, 7) is 8.70. The molecule has 1 amide bonds. The molecule has 0 saturated carbocycles. The van der Waals surface area contributed by atoms with E-state index >= 15 is 0 Å². The average molecular weight is 419 g/mol. The molecule has 0 unspecified atom stereocenters. The molecule has 1 aliphatic carbocycles. The molecular weight excluding hydrogens is 392 g/mol. The summed E-state index contributed by atoms with van der Waals surface area (Å²) in [6, 6.07) is 11.8. The van der Waals surface area contributed by atoms with Gasteiger partial charge < -0.3 is 0 Å². The number of fused-ring (bicyclic) bond motifs is 1. The fourth-order valence-corrected chi connectivity index (χ4v) is 5.39. The minimum atomic E-state index is -0.502. The quantitative estimate of drug-likeness (QED) is 0.617. The number of hydrazone groups is 1. The molecular formula is C24H26N4OS. The van der Waals surface area contributed by atoms with Gasteiger partial charge in [-0.25, -0.2) is 4.99 Å². The first-order chi connectivity index (χ1) is 14.3. The van der Waals surface area contributed by atoms with Gasteiger partial charge in [0.25, 0.3) is 5.91 Å². The number of carbonyl (C=O) groups is 1. The lowest BCUT2D eigenvalue weighted by Gasteiger charge is -2.33. The average Bonchev–Trinajstić information content (AvgIpc) is 3.22. The van der Waals surface area contributed by atoms with E-state index in [1.807, 2.05) is 37.3 Å². The van der Waals surface area contributed by atoms with E-state index in [4.69, 9.17) is 0 Å². The monoisotopic (exact) mass is 418 g/mol. The number of rotatable bonds is 3. The van der Waals surface area contributed by atoms with Gasteiger partial charge in [-0.1, -0.05) is 39.0 Å². The fraction of sp³-hybridized carbons (Fsp3) is 0.417. The van der Waals surface area contributed by atoms with Crippen molar-refractivity contribution in [3.63, 3.8) is 0 Å². The summed E-state index contributed by atoms with van der Waals surface area (Å²) in [6.07, 6.45) is 4.68. The van der Waals surface area contributed by atoms with Crippen LogP contribution in [0.2, 0.25) is 0 Å². The van der Waals surface area contributed by atoms with Crippen LogP contribution in [-0.2, 0) is 17.6 Å². The highest BCUT2D eigenvalue weighted by Gasteiger charge is 2.34. The van der Waals surface area contributed by atoms with Crippen molar-refractivity contribution in [1.82, 2.24) is 0 Å². The van der Waals surface area contributed by atoms with E-state index < -0.39 is 5.92 Å². The topological polar surface area (TPSA) is 68.8 Å². The van der Waals surface area contributed by atoms with Gasteiger partial charge in [0.05, 0.1) is 17.0 Å². The zero-order chi connectivity index (χ0) is 21.5. The first-order valence-electron chi connectivity index (χ1n) is 10.3. The van der Waals surface area contributed by atoms with Crippen LogP contribution in [0, 0.1) is 28.6 Å². The molecule has 5 nitrogen and oxygen atoms in total. The highest BCUT2D eigenvalue weighted by Crippen LogP contribution is 2.45. The molecule has 0 N–H and O–H groups in total. The van der Waals surface area contributed by atoms with Gasteiger partial charge in [0.1, 0.15) is 17.0 Å². The minimum Gasteiger partial charge on any atom is -0.271 e. The summed E-state index contributed by atoms with van der Waals surface area (Å²) >= 11 is 1.60. The Morgan fingerprint density at radius 1 is 1.30 bits per heavy atom. The summed E-state index contributed by atoms with van der Waals surface area (Å²) in [7, 11) is 0. The van der Waals surface area contributed by atoms with Gasteiger partial charge in [0.15, 0.2) is 0 Å². The predicted molar refractivity (Wildman–Crippen MR) is 123 cm³/mol. The van der Waals surface area contributed by atoms with Gasteiger partial charge in [-0.2, -0.15) is 15.4 Å². The van der Waals surface area contributed by atoms with Gasteiger partial charge in [0, 0.05) is 11.1 Å². The molecule has 154 valence electrons. The van der Waals surface area contributed by atoms with E-state index in [-0.39, 0.29) is 11.3 Å². The second-order valence-electron chi connectivity index (χ2n) is 9.08. The summed E-state index contributed by atoms with van der Waals surface area (Å²) < 4.78 is 0. The second-order valence-corrected chi connectivity index (χ2v) is 10.2. The Morgan fingerprint density at radius 3 is 2.70 bits per heavy atom. The lowest BCUT2D eigenvalue weighted by Crippen LogP contribution is -2.27. The molecule has 2 aliphatic rings. The summed E-state index contributed by atoms with van der Waals surface area (Å²) in [5, 5.41) is 16.3. The summed E-state index contributed by atoms with van der Waals surface area (Å²) in [5.74, 6) is -0.00878. The smallest absolute Gasteiger partial charge is 0.261 e.